The fourth-order valence-corrected chi connectivity index (χ4v) is 2.74. The van der Waals surface area contributed by atoms with Crippen molar-refractivity contribution in [3.05, 3.63) is 0 Å². The van der Waals surface area contributed by atoms with Gasteiger partial charge in [-0.2, -0.15) is 12.7 Å². The first-order chi connectivity index (χ1) is 9.56. The molecule has 0 aromatic rings. The fraction of sp³-hybridized carbons (Fsp3) is 1.00. The summed E-state index contributed by atoms with van der Waals surface area (Å²) in [6.45, 7) is 6.21. The summed E-state index contributed by atoms with van der Waals surface area (Å²) in [4.78, 5) is 0. The molecule has 0 aliphatic heterocycles. The molecule has 1 saturated carbocycles. The van der Waals surface area contributed by atoms with Gasteiger partial charge in [0.1, 0.15) is 0 Å². The Morgan fingerprint density at radius 2 is 2.00 bits per heavy atom. The van der Waals surface area contributed by atoms with Gasteiger partial charge in [0.15, 0.2) is 0 Å². The number of ether oxygens (including phenoxy) is 1. The van der Waals surface area contributed by atoms with Crippen molar-refractivity contribution in [3.63, 3.8) is 0 Å². The first kappa shape index (κ1) is 17.8. The van der Waals surface area contributed by atoms with Crippen LogP contribution in [0.5, 0.6) is 0 Å². The van der Waals surface area contributed by atoms with Crippen molar-refractivity contribution in [2.75, 3.05) is 46.4 Å². The first-order valence-electron chi connectivity index (χ1n) is 7.55. The third-order valence-corrected chi connectivity index (χ3v) is 4.86. The molecule has 0 unspecified atom stereocenters. The lowest BCUT2D eigenvalue weighted by Crippen LogP contribution is -2.40. The van der Waals surface area contributed by atoms with Gasteiger partial charge >= 0.3 is 0 Å². The van der Waals surface area contributed by atoms with Crippen molar-refractivity contribution in [1.29, 1.82) is 0 Å². The van der Waals surface area contributed by atoms with Crippen molar-refractivity contribution in [3.8, 4) is 0 Å². The summed E-state index contributed by atoms with van der Waals surface area (Å²) >= 11 is 0. The number of nitrogens with zero attached hydrogens (tertiary/aromatic N) is 1. The van der Waals surface area contributed by atoms with E-state index in [1.807, 2.05) is 6.92 Å². The van der Waals surface area contributed by atoms with Crippen LogP contribution < -0.4 is 10.0 Å². The van der Waals surface area contributed by atoms with Crippen LogP contribution in [-0.2, 0) is 14.9 Å². The lowest BCUT2D eigenvalue weighted by molar-refractivity contribution is 0.123. The fourth-order valence-electron chi connectivity index (χ4n) is 1.74. The van der Waals surface area contributed by atoms with E-state index in [0.717, 1.165) is 38.5 Å². The smallest absolute Gasteiger partial charge is 0.279 e. The molecule has 1 rings (SSSR count). The lowest BCUT2D eigenvalue weighted by atomic mass is 10.4. The van der Waals surface area contributed by atoms with E-state index in [2.05, 4.69) is 10.0 Å². The second-order valence-electron chi connectivity index (χ2n) is 5.30. The average molecular weight is 307 g/mol. The van der Waals surface area contributed by atoms with Crippen LogP contribution in [0.1, 0.15) is 32.6 Å². The summed E-state index contributed by atoms with van der Waals surface area (Å²) in [5.41, 5.74) is 0. The van der Waals surface area contributed by atoms with Crippen molar-refractivity contribution >= 4 is 10.2 Å². The van der Waals surface area contributed by atoms with Crippen LogP contribution in [0.2, 0.25) is 0 Å². The summed E-state index contributed by atoms with van der Waals surface area (Å²) in [7, 11) is -1.73. The Bertz CT molecular complexity index is 345. The van der Waals surface area contributed by atoms with E-state index in [0.29, 0.717) is 19.7 Å². The summed E-state index contributed by atoms with van der Waals surface area (Å²) in [6, 6.07) is 0. The van der Waals surface area contributed by atoms with Gasteiger partial charge in [-0.25, -0.2) is 4.72 Å². The molecule has 20 heavy (non-hydrogen) atoms. The van der Waals surface area contributed by atoms with Gasteiger partial charge in [-0.3, -0.25) is 0 Å². The quantitative estimate of drug-likeness (QED) is 0.488. The number of hydrogen-bond acceptors (Lipinski definition) is 4. The molecule has 0 radical (unpaired) electrons. The highest BCUT2D eigenvalue weighted by Crippen LogP contribution is 2.28. The van der Waals surface area contributed by atoms with Gasteiger partial charge in [0.25, 0.3) is 10.2 Å². The first-order valence-corrected chi connectivity index (χ1v) is 8.99. The molecule has 6 nitrogen and oxygen atoms in total. The molecule has 120 valence electrons. The molecule has 0 amide bonds. The third-order valence-electron chi connectivity index (χ3n) is 3.29. The maximum Gasteiger partial charge on any atom is 0.279 e. The Hall–Kier alpha value is -0.210. The van der Waals surface area contributed by atoms with Crippen molar-refractivity contribution in [2.24, 2.45) is 5.92 Å². The molecule has 0 heterocycles. The van der Waals surface area contributed by atoms with Gasteiger partial charge in [0.2, 0.25) is 0 Å². The highest BCUT2D eigenvalue weighted by Gasteiger charge is 2.21. The number of hydrogen-bond donors (Lipinski definition) is 2. The van der Waals surface area contributed by atoms with Gasteiger partial charge in [-0.15, -0.1) is 0 Å². The molecular weight excluding hydrogens is 278 g/mol. The van der Waals surface area contributed by atoms with Crippen molar-refractivity contribution < 1.29 is 13.2 Å². The van der Waals surface area contributed by atoms with Crippen LogP contribution in [0.15, 0.2) is 0 Å². The van der Waals surface area contributed by atoms with Gasteiger partial charge in [0.05, 0.1) is 0 Å². The molecule has 1 aliphatic rings. The van der Waals surface area contributed by atoms with Gasteiger partial charge in [-0.1, -0.05) is 6.92 Å². The maximum atomic E-state index is 11.9. The van der Waals surface area contributed by atoms with E-state index >= 15 is 0 Å². The molecule has 0 bridgehead atoms. The number of rotatable bonds is 13. The van der Waals surface area contributed by atoms with Crippen LogP contribution in [-0.4, -0.2) is 59.2 Å². The zero-order chi connectivity index (χ0) is 14.8. The summed E-state index contributed by atoms with van der Waals surface area (Å²) in [5, 5.41) is 3.18. The van der Waals surface area contributed by atoms with Gasteiger partial charge in [-0.05, 0) is 44.7 Å². The van der Waals surface area contributed by atoms with E-state index in [4.69, 9.17) is 4.74 Å². The van der Waals surface area contributed by atoms with E-state index in [1.54, 1.807) is 7.05 Å². The van der Waals surface area contributed by atoms with Crippen molar-refractivity contribution in [2.45, 2.75) is 32.6 Å². The van der Waals surface area contributed by atoms with Crippen molar-refractivity contribution in [1.82, 2.24) is 14.3 Å². The van der Waals surface area contributed by atoms with Crippen LogP contribution >= 0.6 is 0 Å². The van der Waals surface area contributed by atoms with E-state index in [1.165, 1.54) is 17.1 Å². The van der Waals surface area contributed by atoms with Gasteiger partial charge in [0, 0.05) is 33.4 Å². The number of nitrogens with one attached hydrogen (secondary N) is 2. The zero-order valence-corrected chi connectivity index (χ0v) is 13.5. The summed E-state index contributed by atoms with van der Waals surface area (Å²) in [6.07, 6.45) is 4.10. The van der Waals surface area contributed by atoms with Crippen LogP contribution in [0.25, 0.3) is 0 Å². The molecular formula is C13H29N3O3S. The predicted molar refractivity (Wildman–Crippen MR) is 80.9 cm³/mol. The SMILES string of the molecule is CCNCCCN(C)S(=O)(=O)NCCCOCC1CC1. The standard InChI is InChI=1S/C13H29N3O3S/c1-3-14-8-4-10-16(2)20(17,18)15-9-5-11-19-12-13-6-7-13/h13-15H,3-12H2,1-2H3. The molecule has 0 saturated heterocycles. The minimum Gasteiger partial charge on any atom is -0.381 e. The largest absolute Gasteiger partial charge is 0.381 e. The maximum absolute atomic E-state index is 11.9. The topological polar surface area (TPSA) is 70.7 Å². The van der Waals surface area contributed by atoms with E-state index in [-0.39, 0.29) is 0 Å². The Morgan fingerprint density at radius 3 is 2.65 bits per heavy atom. The molecule has 1 aliphatic carbocycles. The zero-order valence-electron chi connectivity index (χ0n) is 12.7. The monoisotopic (exact) mass is 307 g/mol. The Kier molecular flexibility index (Phi) is 8.63. The molecule has 0 aromatic carbocycles. The summed E-state index contributed by atoms with van der Waals surface area (Å²) in [5.74, 6) is 0.759. The predicted octanol–water partition coefficient (Wildman–Crippen LogP) is 0.569. The molecule has 0 aromatic heterocycles. The molecule has 0 spiro atoms. The minimum atomic E-state index is -3.34. The lowest BCUT2D eigenvalue weighted by Gasteiger charge is -2.17. The minimum absolute atomic E-state index is 0.435. The van der Waals surface area contributed by atoms with Crippen LogP contribution in [0.4, 0.5) is 0 Å². The molecule has 2 N–H and O–H groups in total. The highest BCUT2D eigenvalue weighted by molar-refractivity contribution is 7.87. The Labute approximate surface area is 123 Å². The average Bonchev–Trinajstić information content (AvgIpc) is 3.22. The Balaban J connectivity index is 2.02. The molecule has 7 heteroatoms. The normalized spacial score (nSPS) is 15.9. The second-order valence-corrected chi connectivity index (χ2v) is 7.16. The summed E-state index contributed by atoms with van der Waals surface area (Å²) < 4.78 is 33.2. The van der Waals surface area contributed by atoms with E-state index in [9.17, 15) is 8.42 Å². The Morgan fingerprint density at radius 1 is 1.25 bits per heavy atom. The van der Waals surface area contributed by atoms with Gasteiger partial charge < -0.3 is 10.1 Å². The van der Waals surface area contributed by atoms with Crippen LogP contribution in [0, 0.1) is 5.92 Å². The van der Waals surface area contributed by atoms with E-state index < -0.39 is 10.2 Å². The third kappa shape index (κ3) is 8.16. The van der Waals surface area contributed by atoms with Crippen LogP contribution in [0.3, 0.4) is 0 Å². The highest BCUT2D eigenvalue weighted by atomic mass is 32.2. The second kappa shape index (κ2) is 9.68. The molecule has 0 atom stereocenters. The molecule has 1 fully saturated rings.